The number of rotatable bonds is 3. The number of carboxylic acid groups (broad SMARTS) is 1. The monoisotopic (exact) mass is 196 g/mol. The van der Waals surface area contributed by atoms with Crippen LogP contribution in [-0.4, -0.2) is 11.1 Å². The highest BCUT2D eigenvalue weighted by molar-refractivity contribution is 7.12. The van der Waals surface area contributed by atoms with Crippen molar-refractivity contribution in [3.8, 4) is 0 Å². The van der Waals surface area contributed by atoms with E-state index in [9.17, 15) is 4.79 Å². The largest absolute Gasteiger partial charge is 0.481 e. The van der Waals surface area contributed by atoms with Crippen LogP contribution in [0.1, 0.15) is 29.0 Å². The summed E-state index contributed by atoms with van der Waals surface area (Å²) >= 11 is 1.74. The molecule has 0 amide bonds. The van der Waals surface area contributed by atoms with Crippen LogP contribution in [0.2, 0.25) is 0 Å². The predicted octanol–water partition coefficient (Wildman–Crippen LogP) is 2.56. The van der Waals surface area contributed by atoms with Gasteiger partial charge in [0.05, 0.1) is 6.42 Å². The van der Waals surface area contributed by atoms with Crippen molar-refractivity contribution in [2.75, 3.05) is 0 Å². The zero-order chi connectivity index (χ0) is 9.47. The van der Waals surface area contributed by atoms with Crippen LogP contribution >= 0.6 is 11.3 Å². The topological polar surface area (TPSA) is 37.3 Å². The van der Waals surface area contributed by atoms with Crippen molar-refractivity contribution in [3.63, 3.8) is 0 Å². The number of aryl methyl sites for hydroxylation is 1. The molecule has 0 atom stereocenters. The van der Waals surface area contributed by atoms with Crippen molar-refractivity contribution >= 4 is 17.3 Å². The van der Waals surface area contributed by atoms with Gasteiger partial charge in [0.2, 0.25) is 0 Å². The van der Waals surface area contributed by atoms with Crippen molar-refractivity contribution in [3.05, 3.63) is 21.9 Å². The number of carbonyl (C=O) groups is 1. The molecule has 1 heterocycles. The Hall–Kier alpha value is -0.830. The van der Waals surface area contributed by atoms with Gasteiger partial charge in [0, 0.05) is 15.2 Å². The Morgan fingerprint density at radius 2 is 2.31 bits per heavy atom. The number of aliphatic carboxylic acids is 1. The average Bonchev–Trinajstić information content (AvgIpc) is 2.65. The Labute approximate surface area is 81.2 Å². The molecule has 1 aromatic rings. The van der Waals surface area contributed by atoms with Crippen LogP contribution in [0.5, 0.6) is 0 Å². The highest BCUT2D eigenvalue weighted by Gasteiger charge is 2.46. The maximum Gasteiger partial charge on any atom is 0.304 e. The Kier molecular flexibility index (Phi) is 1.91. The minimum atomic E-state index is -0.677. The summed E-state index contributed by atoms with van der Waals surface area (Å²) in [5.41, 5.74) is 0.00472. The Bertz CT molecular complexity index is 336. The first kappa shape index (κ1) is 8.75. The summed E-state index contributed by atoms with van der Waals surface area (Å²) < 4.78 is 0. The highest BCUT2D eigenvalue weighted by Crippen LogP contribution is 2.53. The van der Waals surface area contributed by atoms with E-state index in [1.165, 1.54) is 9.75 Å². The fourth-order valence-corrected chi connectivity index (χ4v) is 2.78. The second kappa shape index (κ2) is 2.84. The molecule has 0 spiro atoms. The third-order valence-electron chi connectivity index (χ3n) is 2.61. The molecule has 1 aliphatic carbocycles. The molecule has 70 valence electrons. The van der Waals surface area contributed by atoms with E-state index in [4.69, 9.17) is 5.11 Å². The molecule has 1 aromatic heterocycles. The van der Waals surface area contributed by atoms with Crippen LogP contribution in [0.15, 0.2) is 12.1 Å². The lowest BCUT2D eigenvalue weighted by molar-refractivity contribution is -0.137. The number of hydrogen-bond donors (Lipinski definition) is 1. The van der Waals surface area contributed by atoms with E-state index in [-0.39, 0.29) is 5.41 Å². The number of carboxylic acids is 1. The molecule has 1 fully saturated rings. The standard InChI is InChI=1S/C10H12O2S/c1-7-2-3-8(13-7)10(4-5-10)6-9(11)12/h2-3H,4-6H2,1H3,(H,11,12). The molecule has 0 aliphatic heterocycles. The Morgan fingerprint density at radius 3 is 2.69 bits per heavy atom. The van der Waals surface area contributed by atoms with Gasteiger partial charge in [-0.3, -0.25) is 4.79 Å². The molecule has 0 aromatic carbocycles. The molecule has 2 nitrogen and oxygen atoms in total. The molecule has 13 heavy (non-hydrogen) atoms. The van der Waals surface area contributed by atoms with Crippen molar-refractivity contribution in [1.82, 2.24) is 0 Å². The lowest BCUT2D eigenvalue weighted by Gasteiger charge is -2.08. The fourth-order valence-electron chi connectivity index (χ4n) is 1.67. The fraction of sp³-hybridized carbons (Fsp3) is 0.500. The first-order valence-corrected chi connectivity index (χ1v) is 5.23. The summed E-state index contributed by atoms with van der Waals surface area (Å²) in [4.78, 5) is 13.2. The van der Waals surface area contributed by atoms with Crippen LogP contribution in [0.25, 0.3) is 0 Å². The summed E-state index contributed by atoms with van der Waals surface area (Å²) in [7, 11) is 0. The van der Waals surface area contributed by atoms with Gasteiger partial charge in [-0.15, -0.1) is 11.3 Å². The molecule has 0 saturated heterocycles. The molecular formula is C10H12O2S. The van der Waals surface area contributed by atoms with Gasteiger partial charge in [-0.25, -0.2) is 0 Å². The van der Waals surface area contributed by atoms with Gasteiger partial charge in [-0.2, -0.15) is 0 Å². The average molecular weight is 196 g/mol. The van der Waals surface area contributed by atoms with Crippen LogP contribution in [0.3, 0.4) is 0 Å². The maximum absolute atomic E-state index is 10.6. The zero-order valence-corrected chi connectivity index (χ0v) is 8.36. The van der Waals surface area contributed by atoms with E-state index in [1.807, 2.05) is 0 Å². The van der Waals surface area contributed by atoms with E-state index in [0.717, 1.165) is 12.8 Å². The van der Waals surface area contributed by atoms with Crippen molar-refractivity contribution < 1.29 is 9.90 Å². The molecule has 1 N–H and O–H groups in total. The van der Waals surface area contributed by atoms with Crippen molar-refractivity contribution in [2.45, 2.75) is 31.6 Å². The van der Waals surface area contributed by atoms with Gasteiger partial charge in [0.1, 0.15) is 0 Å². The first-order valence-electron chi connectivity index (χ1n) is 4.41. The van der Waals surface area contributed by atoms with E-state index in [0.29, 0.717) is 6.42 Å². The summed E-state index contributed by atoms with van der Waals surface area (Å²) in [6.07, 6.45) is 2.38. The minimum absolute atomic E-state index is 0.00472. The van der Waals surface area contributed by atoms with Crippen molar-refractivity contribution in [1.29, 1.82) is 0 Å². The molecule has 0 unspecified atom stereocenters. The van der Waals surface area contributed by atoms with Crippen molar-refractivity contribution in [2.24, 2.45) is 0 Å². The first-order chi connectivity index (χ1) is 6.12. The molecule has 3 heteroatoms. The summed E-state index contributed by atoms with van der Waals surface area (Å²) in [6.45, 7) is 2.06. The van der Waals surface area contributed by atoms with E-state index in [2.05, 4.69) is 19.1 Å². The molecule has 0 bridgehead atoms. The normalized spacial score (nSPS) is 18.5. The SMILES string of the molecule is Cc1ccc(C2(CC(=O)O)CC2)s1. The van der Waals surface area contributed by atoms with E-state index in [1.54, 1.807) is 11.3 Å². The molecule has 0 radical (unpaired) electrons. The lowest BCUT2D eigenvalue weighted by atomic mass is 10.0. The smallest absolute Gasteiger partial charge is 0.304 e. The zero-order valence-electron chi connectivity index (χ0n) is 7.54. The predicted molar refractivity (Wildman–Crippen MR) is 52.2 cm³/mol. The van der Waals surface area contributed by atoms with Gasteiger partial charge in [0.25, 0.3) is 0 Å². The second-order valence-electron chi connectivity index (χ2n) is 3.76. The summed E-state index contributed by atoms with van der Waals surface area (Å²) in [5.74, 6) is -0.677. The molecular weight excluding hydrogens is 184 g/mol. The number of thiophene rings is 1. The van der Waals surface area contributed by atoms with E-state index >= 15 is 0 Å². The van der Waals surface area contributed by atoms with Crippen LogP contribution in [0.4, 0.5) is 0 Å². The third-order valence-corrected chi connectivity index (χ3v) is 3.85. The summed E-state index contributed by atoms with van der Waals surface area (Å²) in [5, 5.41) is 8.76. The molecule has 1 saturated carbocycles. The number of hydrogen-bond acceptors (Lipinski definition) is 2. The van der Waals surface area contributed by atoms with Crippen LogP contribution in [0, 0.1) is 6.92 Å². The molecule has 1 aliphatic rings. The highest BCUT2D eigenvalue weighted by atomic mass is 32.1. The lowest BCUT2D eigenvalue weighted by Crippen LogP contribution is -2.10. The van der Waals surface area contributed by atoms with Crippen LogP contribution in [-0.2, 0) is 10.2 Å². The third kappa shape index (κ3) is 1.61. The summed E-state index contributed by atoms with van der Waals surface area (Å²) in [6, 6.07) is 4.15. The molecule has 2 rings (SSSR count). The minimum Gasteiger partial charge on any atom is -0.481 e. The second-order valence-corrected chi connectivity index (χ2v) is 5.05. The maximum atomic E-state index is 10.6. The Morgan fingerprint density at radius 1 is 1.62 bits per heavy atom. The van der Waals surface area contributed by atoms with Crippen LogP contribution < -0.4 is 0 Å². The van der Waals surface area contributed by atoms with Gasteiger partial charge in [0.15, 0.2) is 0 Å². The van der Waals surface area contributed by atoms with E-state index < -0.39 is 5.97 Å². The van der Waals surface area contributed by atoms with Gasteiger partial charge in [-0.1, -0.05) is 0 Å². The Balaban J connectivity index is 2.20. The van der Waals surface area contributed by atoms with Gasteiger partial charge < -0.3 is 5.11 Å². The quantitative estimate of drug-likeness (QED) is 0.806. The van der Waals surface area contributed by atoms with Gasteiger partial charge in [-0.05, 0) is 31.9 Å². The van der Waals surface area contributed by atoms with Gasteiger partial charge >= 0.3 is 5.97 Å².